The van der Waals surface area contributed by atoms with E-state index in [1.807, 2.05) is 0 Å². The Labute approximate surface area is 215 Å². The highest BCUT2D eigenvalue weighted by molar-refractivity contribution is 9.10. The van der Waals surface area contributed by atoms with Crippen molar-refractivity contribution < 1.29 is 13.2 Å². The van der Waals surface area contributed by atoms with Crippen LogP contribution in [-0.4, -0.2) is 31.4 Å². The van der Waals surface area contributed by atoms with E-state index >= 15 is 0 Å². The van der Waals surface area contributed by atoms with Gasteiger partial charge < -0.3 is 0 Å². The van der Waals surface area contributed by atoms with E-state index in [2.05, 4.69) is 26.5 Å². The highest BCUT2D eigenvalue weighted by Crippen LogP contribution is 2.23. The normalized spacial score (nSPS) is 11.8. The molecule has 3 rings (SSSR count). The molecule has 1 N–H and O–H groups in total. The summed E-state index contributed by atoms with van der Waals surface area (Å²) in [4.78, 5) is 12.6. The van der Waals surface area contributed by atoms with Crippen LogP contribution in [-0.2, 0) is 21.4 Å². The number of benzene rings is 3. The molecule has 6 nitrogen and oxygen atoms in total. The van der Waals surface area contributed by atoms with E-state index in [-0.39, 0.29) is 11.4 Å². The van der Waals surface area contributed by atoms with Gasteiger partial charge in [-0.05, 0) is 54.1 Å². The van der Waals surface area contributed by atoms with E-state index < -0.39 is 22.5 Å². The Morgan fingerprint density at radius 2 is 1.58 bits per heavy atom. The lowest BCUT2D eigenvalue weighted by Crippen LogP contribution is -2.39. The fourth-order valence-corrected chi connectivity index (χ4v) is 5.04. The van der Waals surface area contributed by atoms with Crippen molar-refractivity contribution in [2.75, 3.05) is 6.54 Å². The Bertz CT molecular complexity index is 1250. The first kappa shape index (κ1) is 25.7. The van der Waals surface area contributed by atoms with E-state index in [1.54, 1.807) is 42.5 Å². The minimum atomic E-state index is -4.00. The van der Waals surface area contributed by atoms with Crippen LogP contribution in [0.15, 0.2) is 81.2 Å². The zero-order valence-electron chi connectivity index (χ0n) is 16.9. The Morgan fingerprint density at radius 3 is 2.18 bits per heavy atom. The molecule has 0 radical (unpaired) electrons. The molecule has 0 saturated carbocycles. The Hall–Kier alpha value is -1.94. The summed E-state index contributed by atoms with van der Waals surface area (Å²) in [6, 6.07) is 17.8. The average Bonchev–Trinajstić information content (AvgIpc) is 2.77. The fourth-order valence-electron chi connectivity index (χ4n) is 2.77. The predicted octanol–water partition coefficient (Wildman–Crippen LogP) is 5.75. The molecule has 0 saturated heterocycles. The van der Waals surface area contributed by atoms with Gasteiger partial charge in [0.05, 0.1) is 27.7 Å². The molecule has 0 fully saturated rings. The summed E-state index contributed by atoms with van der Waals surface area (Å²) in [7, 11) is -4.00. The van der Waals surface area contributed by atoms with Crippen molar-refractivity contribution in [3.05, 3.63) is 97.4 Å². The third-order valence-corrected chi connectivity index (χ3v) is 7.67. The van der Waals surface area contributed by atoms with Crippen LogP contribution in [0.2, 0.25) is 15.1 Å². The second-order valence-electron chi connectivity index (χ2n) is 6.78. The van der Waals surface area contributed by atoms with Gasteiger partial charge in [0.1, 0.15) is 0 Å². The topological polar surface area (TPSA) is 78.8 Å². The van der Waals surface area contributed by atoms with Crippen LogP contribution >= 0.6 is 50.7 Å². The van der Waals surface area contributed by atoms with Crippen LogP contribution in [0.4, 0.5) is 0 Å². The molecule has 0 bridgehead atoms. The van der Waals surface area contributed by atoms with E-state index in [9.17, 15) is 13.2 Å². The molecule has 33 heavy (non-hydrogen) atoms. The minimum absolute atomic E-state index is 0.0168. The monoisotopic (exact) mass is 587 g/mol. The third-order valence-electron chi connectivity index (χ3n) is 4.43. The van der Waals surface area contributed by atoms with Crippen molar-refractivity contribution in [2.24, 2.45) is 5.10 Å². The first-order valence-electron chi connectivity index (χ1n) is 9.43. The molecule has 0 aliphatic heterocycles. The molecular formula is C22H17BrCl3N3O3S. The Balaban J connectivity index is 1.81. The number of halogens is 4. The van der Waals surface area contributed by atoms with Gasteiger partial charge in [0, 0.05) is 21.6 Å². The first-order chi connectivity index (χ1) is 15.7. The second-order valence-corrected chi connectivity index (χ2v) is 10.9. The summed E-state index contributed by atoms with van der Waals surface area (Å²) >= 11 is 21.4. The maximum atomic E-state index is 13.3. The van der Waals surface area contributed by atoms with Crippen LogP contribution in [0, 0.1) is 0 Å². The molecule has 172 valence electrons. The lowest BCUT2D eigenvalue weighted by molar-refractivity contribution is -0.121. The van der Waals surface area contributed by atoms with Crippen LogP contribution in [0.3, 0.4) is 0 Å². The lowest BCUT2D eigenvalue weighted by atomic mass is 10.2. The molecule has 0 spiro atoms. The number of hydrogen-bond acceptors (Lipinski definition) is 4. The van der Waals surface area contributed by atoms with Crippen molar-refractivity contribution in [2.45, 2.75) is 11.4 Å². The molecule has 0 aliphatic rings. The Kier molecular flexibility index (Phi) is 8.92. The van der Waals surface area contributed by atoms with Gasteiger partial charge in [0.25, 0.3) is 5.91 Å². The van der Waals surface area contributed by atoms with E-state index in [4.69, 9.17) is 34.8 Å². The second kappa shape index (κ2) is 11.5. The highest BCUT2D eigenvalue weighted by Gasteiger charge is 2.27. The third kappa shape index (κ3) is 7.02. The van der Waals surface area contributed by atoms with Gasteiger partial charge in [-0.1, -0.05) is 68.9 Å². The Morgan fingerprint density at radius 1 is 0.970 bits per heavy atom. The molecule has 0 aliphatic carbocycles. The standard InChI is InChI=1S/C22H17BrCl3N3O3S/c23-16-6-4-15(5-7-16)13-29(33(31,32)18-10-8-17(24)9-11-18)14-22(30)28-27-12-19-20(25)2-1-3-21(19)26/h1-12H,13-14H2,(H,28,30)/b27-12-. The van der Waals surface area contributed by atoms with Crippen molar-refractivity contribution in [3.63, 3.8) is 0 Å². The van der Waals surface area contributed by atoms with E-state index in [0.29, 0.717) is 26.2 Å². The molecule has 11 heteroatoms. The summed E-state index contributed by atoms with van der Waals surface area (Å²) in [5.74, 6) is -0.635. The van der Waals surface area contributed by atoms with Gasteiger partial charge in [0.15, 0.2) is 0 Å². The zero-order valence-corrected chi connectivity index (χ0v) is 21.6. The number of amides is 1. The fraction of sp³-hybridized carbons (Fsp3) is 0.0909. The molecule has 3 aromatic rings. The zero-order chi connectivity index (χ0) is 24.0. The molecule has 0 unspecified atom stereocenters. The lowest BCUT2D eigenvalue weighted by Gasteiger charge is -2.21. The van der Waals surface area contributed by atoms with Gasteiger partial charge in [-0.25, -0.2) is 13.8 Å². The first-order valence-corrected chi connectivity index (χ1v) is 12.8. The van der Waals surface area contributed by atoms with Gasteiger partial charge in [-0.3, -0.25) is 4.79 Å². The number of nitrogens with one attached hydrogen (secondary N) is 1. The summed E-state index contributed by atoms with van der Waals surface area (Å²) < 4.78 is 28.4. The minimum Gasteiger partial charge on any atom is -0.272 e. The largest absolute Gasteiger partial charge is 0.272 e. The number of sulfonamides is 1. The van der Waals surface area contributed by atoms with Crippen molar-refractivity contribution >= 4 is 72.9 Å². The summed E-state index contributed by atoms with van der Waals surface area (Å²) in [5.41, 5.74) is 3.46. The number of hydrazone groups is 1. The molecular weight excluding hydrogens is 573 g/mol. The van der Waals surface area contributed by atoms with Crippen LogP contribution < -0.4 is 5.43 Å². The SMILES string of the molecule is O=C(CN(Cc1ccc(Br)cc1)S(=O)(=O)c1ccc(Cl)cc1)N/N=C\c1c(Cl)cccc1Cl. The van der Waals surface area contributed by atoms with Crippen molar-refractivity contribution in [1.29, 1.82) is 0 Å². The summed E-state index contributed by atoms with van der Waals surface area (Å²) in [5, 5.41) is 4.99. The van der Waals surface area contributed by atoms with Crippen LogP contribution in [0.25, 0.3) is 0 Å². The molecule has 1 amide bonds. The molecule has 0 atom stereocenters. The molecule has 0 aromatic heterocycles. The maximum Gasteiger partial charge on any atom is 0.255 e. The molecule has 0 heterocycles. The predicted molar refractivity (Wildman–Crippen MR) is 135 cm³/mol. The van der Waals surface area contributed by atoms with Crippen LogP contribution in [0.5, 0.6) is 0 Å². The number of hydrogen-bond donors (Lipinski definition) is 1. The summed E-state index contributed by atoms with van der Waals surface area (Å²) in [6.07, 6.45) is 1.30. The van der Waals surface area contributed by atoms with Crippen LogP contribution in [0.1, 0.15) is 11.1 Å². The number of carbonyl (C=O) groups excluding carboxylic acids is 1. The highest BCUT2D eigenvalue weighted by atomic mass is 79.9. The number of rotatable bonds is 8. The average molecular weight is 590 g/mol. The quantitative estimate of drug-likeness (QED) is 0.269. The van der Waals surface area contributed by atoms with Crippen molar-refractivity contribution in [3.8, 4) is 0 Å². The smallest absolute Gasteiger partial charge is 0.255 e. The van der Waals surface area contributed by atoms with Gasteiger partial charge >= 0.3 is 0 Å². The number of carbonyl (C=O) groups is 1. The molecule has 3 aromatic carbocycles. The summed E-state index contributed by atoms with van der Waals surface area (Å²) in [6.45, 7) is -0.486. The van der Waals surface area contributed by atoms with Gasteiger partial charge in [-0.2, -0.15) is 9.41 Å². The van der Waals surface area contributed by atoms with Gasteiger partial charge in [0.2, 0.25) is 10.0 Å². The van der Waals surface area contributed by atoms with E-state index in [0.717, 1.165) is 8.78 Å². The van der Waals surface area contributed by atoms with E-state index in [1.165, 1.54) is 30.5 Å². The number of nitrogens with zero attached hydrogens (tertiary/aromatic N) is 2. The van der Waals surface area contributed by atoms with Crippen molar-refractivity contribution in [1.82, 2.24) is 9.73 Å². The van der Waals surface area contributed by atoms with Gasteiger partial charge in [-0.15, -0.1) is 0 Å². The maximum absolute atomic E-state index is 13.3.